The minimum Gasteiger partial charge on any atom is -0.467 e. The van der Waals surface area contributed by atoms with Gasteiger partial charge in [0.05, 0.1) is 18.4 Å². The van der Waals surface area contributed by atoms with Crippen LogP contribution in [0.25, 0.3) is 0 Å². The van der Waals surface area contributed by atoms with Crippen molar-refractivity contribution in [1.82, 2.24) is 9.80 Å². The van der Waals surface area contributed by atoms with E-state index in [1.807, 2.05) is 30.3 Å². The number of benzene rings is 2. The summed E-state index contributed by atoms with van der Waals surface area (Å²) in [4.78, 5) is 29.4. The van der Waals surface area contributed by atoms with Crippen LogP contribution in [0, 0.1) is 0 Å². The molecule has 0 N–H and O–H groups in total. The highest BCUT2D eigenvalue weighted by Gasteiger charge is 2.31. The summed E-state index contributed by atoms with van der Waals surface area (Å²) in [6.07, 6.45) is -2.65. The Morgan fingerprint density at radius 2 is 1.71 bits per heavy atom. The Hall–Kier alpha value is -3.59. The minimum atomic E-state index is -4.58. The topological polar surface area (TPSA) is 63.0 Å². The monoisotopic (exact) mass is 488 g/mol. The first-order valence-corrected chi connectivity index (χ1v) is 11.1. The van der Waals surface area contributed by atoms with Crippen LogP contribution in [0.15, 0.2) is 77.4 Å². The molecule has 186 valence electrons. The van der Waals surface area contributed by atoms with E-state index in [-0.39, 0.29) is 37.6 Å². The quantitative estimate of drug-likeness (QED) is 0.356. The number of furan rings is 1. The molecule has 0 radical (unpaired) electrons. The Morgan fingerprint density at radius 3 is 2.37 bits per heavy atom. The number of amides is 2. The van der Waals surface area contributed by atoms with Gasteiger partial charge in [-0.15, -0.1) is 0 Å². The van der Waals surface area contributed by atoms with Gasteiger partial charge in [-0.3, -0.25) is 9.59 Å². The van der Waals surface area contributed by atoms with Gasteiger partial charge in [-0.1, -0.05) is 36.4 Å². The van der Waals surface area contributed by atoms with Gasteiger partial charge >= 0.3 is 6.18 Å². The van der Waals surface area contributed by atoms with E-state index in [9.17, 15) is 22.8 Å². The molecule has 0 aliphatic carbocycles. The van der Waals surface area contributed by atoms with E-state index in [4.69, 9.17) is 9.15 Å². The number of alkyl halides is 3. The number of hydrogen-bond acceptors (Lipinski definition) is 4. The van der Waals surface area contributed by atoms with Crippen LogP contribution in [-0.4, -0.2) is 48.4 Å². The van der Waals surface area contributed by atoms with E-state index in [0.717, 1.165) is 17.7 Å². The Morgan fingerprint density at radius 1 is 0.943 bits per heavy atom. The molecule has 0 spiro atoms. The van der Waals surface area contributed by atoms with E-state index < -0.39 is 17.6 Å². The Bertz CT molecular complexity index is 1090. The van der Waals surface area contributed by atoms with Crippen molar-refractivity contribution in [2.24, 2.45) is 0 Å². The maximum atomic E-state index is 13.4. The van der Waals surface area contributed by atoms with Crippen molar-refractivity contribution in [3.8, 4) is 0 Å². The molecule has 1 heterocycles. The molecule has 0 unspecified atom stereocenters. The zero-order valence-electron chi connectivity index (χ0n) is 19.3. The molecule has 1 aromatic heterocycles. The lowest BCUT2D eigenvalue weighted by Crippen LogP contribution is -2.43. The van der Waals surface area contributed by atoms with Crippen molar-refractivity contribution in [3.05, 3.63) is 95.4 Å². The molecular formula is C26H27F3N2O4. The van der Waals surface area contributed by atoms with E-state index >= 15 is 0 Å². The highest BCUT2D eigenvalue weighted by atomic mass is 19.4. The first kappa shape index (κ1) is 26.0. The molecule has 0 fully saturated rings. The summed E-state index contributed by atoms with van der Waals surface area (Å²) in [6.45, 7) is 0.649. The number of halogens is 3. The number of rotatable bonds is 11. The van der Waals surface area contributed by atoms with Gasteiger partial charge < -0.3 is 19.0 Å². The summed E-state index contributed by atoms with van der Waals surface area (Å²) in [5.74, 6) is -0.439. The predicted molar refractivity (Wildman–Crippen MR) is 123 cm³/mol. The average molecular weight is 489 g/mol. The maximum Gasteiger partial charge on any atom is 0.416 e. The number of carbonyl (C=O) groups excluding carboxylic acids is 2. The second-order valence-electron chi connectivity index (χ2n) is 7.97. The fraction of sp³-hybridized carbons (Fsp3) is 0.308. The molecule has 2 amide bonds. The highest BCUT2D eigenvalue weighted by Crippen LogP contribution is 2.29. The zero-order chi connectivity index (χ0) is 25.3. The zero-order valence-corrected chi connectivity index (χ0v) is 19.3. The average Bonchev–Trinajstić information content (AvgIpc) is 3.36. The van der Waals surface area contributed by atoms with Crippen molar-refractivity contribution in [2.75, 3.05) is 26.8 Å². The van der Waals surface area contributed by atoms with Gasteiger partial charge in [0.25, 0.3) is 5.91 Å². The van der Waals surface area contributed by atoms with Gasteiger partial charge in [0.1, 0.15) is 12.3 Å². The van der Waals surface area contributed by atoms with Gasteiger partial charge in [-0.05, 0) is 42.3 Å². The fourth-order valence-electron chi connectivity index (χ4n) is 3.55. The molecule has 2 aromatic carbocycles. The van der Waals surface area contributed by atoms with Crippen LogP contribution in [0.5, 0.6) is 0 Å². The molecule has 0 saturated carbocycles. The summed E-state index contributed by atoms with van der Waals surface area (Å²) >= 11 is 0. The second-order valence-corrected chi connectivity index (χ2v) is 7.97. The first-order valence-electron chi connectivity index (χ1n) is 11.1. The lowest BCUT2D eigenvalue weighted by molar-refractivity contribution is -0.137. The lowest BCUT2D eigenvalue weighted by atomic mass is 10.1. The van der Waals surface area contributed by atoms with Crippen molar-refractivity contribution in [2.45, 2.75) is 25.7 Å². The first-order chi connectivity index (χ1) is 16.8. The number of carbonyl (C=O) groups is 2. The van der Waals surface area contributed by atoms with Crippen molar-refractivity contribution in [1.29, 1.82) is 0 Å². The van der Waals surface area contributed by atoms with Gasteiger partial charge in [0.15, 0.2) is 0 Å². The molecule has 3 aromatic rings. The van der Waals surface area contributed by atoms with Gasteiger partial charge in [-0.2, -0.15) is 13.2 Å². The maximum absolute atomic E-state index is 13.4. The molecule has 0 saturated heterocycles. The largest absolute Gasteiger partial charge is 0.467 e. The number of methoxy groups -OCH3 is 1. The summed E-state index contributed by atoms with van der Waals surface area (Å²) in [7, 11) is 1.51. The van der Waals surface area contributed by atoms with Crippen molar-refractivity contribution < 1.29 is 31.9 Å². The Balaban J connectivity index is 1.82. The van der Waals surface area contributed by atoms with Crippen LogP contribution >= 0.6 is 0 Å². The predicted octanol–water partition coefficient (Wildman–Crippen LogP) is 5.01. The summed E-state index contributed by atoms with van der Waals surface area (Å²) in [6, 6.07) is 17.0. The van der Waals surface area contributed by atoms with Crippen LogP contribution in [0.1, 0.15) is 33.7 Å². The van der Waals surface area contributed by atoms with Crippen LogP contribution in [0.4, 0.5) is 13.2 Å². The number of nitrogens with zero attached hydrogens (tertiary/aromatic N) is 2. The SMILES string of the molecule is COCCCN(CC(=O)N(Cc1ccccc1)Cc1ccco1)C(=O)c1cccc(C(F)(F)F)c1. The highest BCUT2D eigenvalue weighted by molar-refractivity contribution is 5.96. The molecule has 0 atom stereocenters. The normalized spacial score (nSPS) is 11.3. The number of hydrogen-bond donors (Lipinski definition) is 0. The second kappa shape index (κ2) is 12.2. The molecule has 35 heavy (non-hydrogen) atoms. The molecule has 6 nitrogen and oxygen atoms in total. The molecule has 0 bridgehead atoms. The minimum absolute atomic E-state index is 0.134. The van der Waals surface area contributed by atoms with Crippen LogP contribution < -0.4 is 0 Å². The standard InChI is InChI=1S/C26H27F3N2O4/c1-34-14-7-13-30(25(33)21-10-5-11-22(16-21)26(27,28)29)19-24(32)31(18-23-12-6-15-35-23)17-20-8-3-2-4-9-20/h2-6,8-12,15-16H,7,13-14,17-19H2,1H3. The molecule has 0 aliphatic heterocycles. The number of ether oxygens (including phenoxy) is 1. The summed E-state index contributed by atoms with van der Waals surface area (Å²) in [5, 5.41) is 0. The molecule has 3 rings (SSSR count). The van der Waals surface area contributed by atoms with E-state index in [1.165, 1.54) is 30.4 Å². The third kappa shape index (κ3) is 7.71. The summed E-state index contributed by atoms with van der Waals surface area (Å²) < 4.78 is 50.0. The van der Waals surface area contributed by atoms with Gasteiger partial charge in [0.2, 0.25) is 5.91 Å². The van der Waals surface area contributed by atoms with Crippen molar-refractivity contribution in [3.63, 3.8) is 0 Å². The summed E-state index contributed by atoms with van der Waals surface area (Å²) in [5.41, 5.74) is -0.164. The molecular weight excluding hydrogens is 461 g/mol. The lowest BCUT2D eigenvalue weighted by Gasteiger charge is -2.27. The van der Waals surface area contributed by atoms with Crippen molar-refractivity contribution >= 4 is 11.8 Å². The van der Waals surface area contributed by atoms with Gasteiger partial charge in [0, 0.05) is 32.4 Å². The van der Waals surface area contributed by atoms with E-state index in [1.54, 1.807) is 17.0 Å². The van der Waals surface area contributed by atoms with Crippen LogP contribution in [0.3, 0.4) is 0 Å². The Labute approximate surface area is 201 Å². The Kier molecular flexibility index (Phi) is 9.08. The van der Waals surface area contributed by atoms with Gasteiger partial charge in [-0.25, -0.2) is 0 Å². The molecule has 9 heteroatoms. The third-order valence-electron chi connectivity index (χ3n) is 5.32. The molecule has 0 aliphatic rings. The smallest absolute Gasteiger partial charge is 0.416 e. The van der Waals surface area contributed by atoms with E-state index in [2.05, 4.69) is 0 Å². The third-order valence-corrected chi connectivity index (χ3v) is 5.32. The van der Waals surface area contributed by atoms with Crippen LogP contribution in [0.2, 0.25) is 0 Å². The van der Waals surface area contributed by atoms with E-state index in [0.29, 0.717) is 18.8 Å². The van der Waals surface area contributed by atoms with Crippen LogP contribution in [-0.2, 0) is 28.8 Å². The fourth-order valence-corrected chi connectivity index (χ4v) is 3.55.